The number of hydrogen-bond acceptors (Lipinski definition) is 6. The number of Topliss-reactive ketones (excluding diaryl/α,β-unsaturated/α-hetero) is 1. The van der Waals surface area contributed by atoms with E-state index >= 15 is 0 Å². The number of carbonyl (C=O) groups excluding carboxylic acids is 2. The number of fused-ring (bicyclic) bond motifs is 1. The lowest BCUT2D eigenvalue weighted by atomic mass is 9.93. The van der Waals surface area contributed by atoms with E-state index < -0.39 is 0 Å². The van der Waals surface area contributed by atoms with Crippen molar-refractivity contribution in [2.45, 2.75) is 26.7 Å². The minimum absolute atomic E-state index is 0.0492. The minimum atomic E-state index is -0.223. The molecule has 6 nitrogen and oxygen atoms in total. The van der Waals surface area contributed by atoms with Gasteiger partial charge in [0, 0.05) is 30.5 Å². The van der Waals surface area contributed by atoms with Gasteiger partial charge in [-0.2, -0.15) is 0 Å². The third kappa shape index (κ3) is 3.00. The number of aliphatic hydroxyl groups excluding tert-OH is 1. The van der Waals surface area contributed by atoms with Gasteiger partial charge >= 0.3 is 0 Å². The van der Waals surface area contributed by atoms with Crippen LogP contribution in [0.5, 0.6) is 0 Å². The van der Waals surface area contributed by atoms with E-state index in [2.05, 4.69) is 15.3 Å². The number of aliphatic hydroxyl groups is 1. The third-order valence-electron chi connectivity index (χ3n) is 3.50. The molecule has 0 spiro atoms. The van der Waals surface area contributed by atoms with Crippen molar-refractivity contribution < 1.29 is 14.7 Å². The molecule has 0 saturated heterocycles. The molecule has 23 heavy (non-hydrogen) atoms. The van der Waals surface area contributed by atoms with E-state index in [1.807, 2.05) is 6.92 Å². The summed E-state index contributed by atoms with van der Waals surface area (Å²) in [5, 5.41) is 13.5. The predicted molar refractivity (Wildman–Crippen MR) is 87.6 cm³/mol. The van der Waals surface area contributed by atoms with Crippen LogP contribution >= 0.6 is 11.3 Å². The van der Waals surface area contributed by atoms with Gasteiger partial charge in [-0.25, -0.2) is 4.98 Å². The van der Waals surface area contributed by atoms with E-state index in [9.17, 15) is 14.7 Å². The molecular formula is C16H15N3O3S. The smallest absolute Gasteiger partial charge is 0.223 e. The summed E-state index contributed by atoms with van der Waals surface area (Å²) >= 11 is 1.17. The number of carbonyl (C=O) groups is 2. The molecule has 3 rings (SSSR count). The van der Waals surface area contributed by atoms with E-state index in [0.717, 1.165) is 5.56 Å². The average molecular weight is 329 g/mol. The Balaban J connectivity index is 1.97. The summed E-state index contributed by atoms with van der Waals surface area (Å²) in [7, 11) is 0. The standard InChI is InChI=1S/C16H15N3O3S/c1-8-5-10(7-17-6-8)13(21)11-3-4-12-15(14(11)22)23-16(19-12)18-9(2)20/h5-7,22H,3-4H2,1-2H3,(H,18,19,20). The number of thiazole rings is 1. The van der Waals surface area contributed by atoms with Crippen LogP contribution < -0.4 is 5.32 Å². The van der Waals surface area contributed by atoms with Crippen LogP contribution in [0.2, 0.25) is 0 Å². The fraction of sp³-hybridized carbons (Fsp3) is 0.250. The molecule has 1 amide bonds. The van der Waals surface area contributed by atoms with Crippen LogP contribution in [0.3, 0.4) is 0 Å². The second kappa shape index (κ2) is 5.92. The summed E-state index contributed by atoms with van der Waals surface area (Å²) in [6.07, 6.45) is 4.14. The summed E-state index contributed by atoms with van der Waals surface area (Å²) in [6, 6.07) is 1.75. The molecule has 2 heterocycles. The Labute approximate surface area is 136 Å². The van der Waals surface area contributed by atoms with Crippen LogP contribution in [0.15, 0.2) is 24.0 Å². The number of nitrogens with one attached hydrogen (secondary N) is 1. The fourth-order valence-corrected chi connectivity index (χ4v) is 3.51. The molecule has 0 radical (unpaired) electrons. The van der Waals surface area contributed by atoms with E-state index in [1.165, 1.54) is 24.5 Å². The Morgan fingerprint density at radius 2 is 2.09 bits per heavy atom. The maximum absolute atomic E-state index is 12.6. The summed E-state index contributed by atoms with van der Waals surface area (Å²) in [5.74, 6) is -0.493. The molecule has 118 valence electrons. The Kier molecular flexibility index (Phi) is 3.96. The molecule has 1 aliphatic rings. The van der Waals surface area contributed by atoms with Gasteiger partial charge in [0.1, 0.15) is 5.76 Å². The summed E-state index contributed by atoms with van der Waals surface area (Å²) < 4.78 is 0. The molecule has 0 aromatic carbocycles. The zero-order valence-corrected chi connectivity index (χ0v) is 13.5. The Bertz CT molecular complexity index is 839. The van der Waals surface area contributed by atoms with Crippen LogP contribution in [0.25, 0.3) is 5.76 Å². The molecule has 0 aliphatic heterocycles. The highest BCUT2D eigenvalue weighted by Crippen LogP contribution is 2.36. The van der Waals surface area contributed by atoms with Gasteiger partial charge in [-0.05, 0) is 31.4 Å². The number of hydrogen-bond donors (Lipinski definition) is 2. The first-order chi connectivity index (χ1) is 11.0. The van der Waals surface area contributed by atoms with Gasteiger partial charge < -0.3 is 10.4 Å². The number of anilines is 1. The van der Waals surface area contributed by atoms with Crippen molar-refractivity contribution in [1.82, 2.24) is 9.97 Å². The summed E-state index contributed by atoms with van der Waals surface area (Å²) in [5.41, 5.74) is 2.41. The van der Waals surface area contributed by atoms with E-state index in [-0.39, 0.29) is 17.4 Å². The van der Waals surface area contributed by atoms with Gasteiger partial charge in [0.15, 0.2) is 10.9 Å². The minimum Gasteiger partial charge on any atom is -0.506 e. The van der Waals surface area contributed by atoms with Gasteiger partial charge in [0.05, 0.1) is 10.6 Å². The van der Waals surface area contributed by atoms with Crippen molar-refractivity contribution in [2.75, 3.05) is 5.32 Å². The SMILES string of the molecule is CC(=O)Nc1nc2c(s1)C(O)=C(C(=O)c1cncc(C)c1)CC2. The van der Waals surface area contributed by atoms with Crippen molar-refractivity contribution in [3.05, 3.63) is 45.7 Å². The molecule has 2 N–H and O–H groups in total. The van der Waals surface area contributed by atoms with E-state index in [1.54, 1.807) is 12.3 Å². The number of aromatic nitrogens is 2. The Morgan fingerprint density at radius 3 is 2.78 bits per heavy atom. The van der Waals surface area contributed by atoms with Gasteiger partial charge in [0.2, 0.25) is 5.91 Å². The lowest BCUT2D eigenvalue weighted by molar-refractivity contribution is -0.114. The molecule has 2 aromatic heterocycles. The fourth-order valence-electron chi connectivity index (χ4n) is 2.48. The van der Waals surface area contributed by atoms with Crippen molar-refractivity contribution in [3.63, 3.8) is 0 Å². The number of ketones is 1. The van der Waals surface area contributed by atoms with Crippen molar-refractivity contribution >= 4 is 33.9 Å². The Hall–Kier alpha value is -2.54. The molecule has 0 unspecified atom stereocenters. The van der Waals surface area contributed by atoms with Gasteiger partial charge in [-0.3, -0.25) is 14.6 Å². The zero-order valence-electron chi connectivity index (χ0n) is 12.7. The predicted octanol–water partition coefficient (Wildman–Crippen LogP) is 2.90. The largest absolute Gasteiger partial charge is 0.506 e. The number of aryl methyl sites for hydroxylation is 2. The zero-order chi connectivity index (χ0) is 16.6. The molecule has 0 atom stereocenters. The molecule has 7 heteroatoms. The van der Waals surface area contributed by atoms with Crippen LogP contribution in [-0.4, -0.2) is 26.8 Å². The number of nitrogens with zero attached hydrogens (tertiary/aromatic N) is 2. The summed E-state index contributed by atoms with van der Waals surface area (Å²) in [4.78, 5) is 32.6. The number of rotatable bonds is 3. The van der Waals surface area contributed by atoms with Crippen LogP contribution in [0.4, 0.5) is 5.13 Å². The number of amides is 1. The van der Waals surface area contributed by atoms with Gasteiger partial charge in [-0.15, -0.1) is 0 Å². The number of allylic oxidation sites excluding steroid dienone is 1. The Morgan fingerprint density at radius 1 is 1.30 bits per heavy atom. The number of pyridine rings is 1. The molecule has 1 aliphatic carbocycles. The first-order valence-electron chi connectivity index (χ1n) is 7.12. The molecule has 0 bridgehead atoms. The monoisotopic (exact) mass is 329 g/mol. The summed E-state index contributed by atoms with van der Waals surface area (Å²) in [6.45, 7) is 3.26. The molecule has 0 saturated carbocycles. The van der Waals surface area contributed by atoms with Gasteiger partial charge in [-0.1, -0.05) is 11.3 Å². The second-order valence-corrected chi connectivity index (χ2v) is 6.38. The van der Waals surface area contributed by atoms with Crippen molar-refractivity contribution in [2.24, 2.45) is 0 Å². The lowest BCUT2D eigenvalue weighted by Gasteiger charge is -2.14. The van der Waals surface area contributed by atoms with Gasteiger partial charge in [0.25, 0.3) is 0 Å². The molecule has 2 aromatic rings. The highest BCUT2D eigenvalue weighted by molar-refractivity contribution is 7.16. The maximum atomic E-state index is 12.6. The molecular weight excluding hydrogens is 314 g/mol. The maximum Gasteiger partial charge on any atom is 0.223 e. The second-order valence-electron chi connectivity index (χ2n) is 5.38. The van der Waals surface area contributed by atoms with Crippen LogP contribution in [0.1, 0.15) is 39.8 Å². The van der Waals surface area contributed by atoms with Crippen LogP contribution in [-0.2, 0) is 11.2 Å². The topological polar surface area (TPSA) is 92.2 Å². The van der Waals surface area contributed by atoms with E-state index in [4.69, 9.17) is 0 Å². The van der Waals surface area contributed by atoms with Crippen LogP contribution in [0, 0.1) is 6.92 Å². The highest BCUT2D eigenvalue weighted by Gasteiger charge is 2.27. The van der Waals surface area contributed by atoms with E-state index in [0.29, 0.717) is 39.7 Å². The first kappa shape index (κ1) is 15.4. The highest BCUT2D eigenvalue weighted by atomic mass is 32.1. The normalized spacial score (nSPS) is 13.7. The lowest BCUT2D eigenvalue weighted by Crippen LogP contribution is -2.12. The average Bonchev–Trinajstić information content (AvgIpc) is 2.89. The van der Waals surface area contributed by atoms with Crippen molar-refractivity contribution in [1.29, 1.82) is 0 Å². The third-order valence-corrected chi connectivity index (χ3v) is 4.52. The first-order valence-corrected chi connectivity index (χ1v) is 7.93. The van der Waals surface area contributed by atoms with Crippen molar-refractivity contribution in [3.8, 4) is 0 Å². The quantitative estimate of drug-likeness (QED) is 0.845. The molecule has 0 fully saturated rings.